The molecular weight excluding hydrogens is 297 g/mol. The summed E-state index contributed by atoms with van der Waals surface area (Å²) in [6.07, 6.45) is 0.108. The Kier molecular flexibility index (Phi) is 4.51. The van der Waals surface area contributed by atoms with Crippen LogP contribution in [0.3, 0.4) is 0 Å². The molecule has 0 bridgehead atoms. The molecule has 1 aromatic carbocycles. The zero-order valence-electron chi connectivity index (χ0n) is 12.0. The lowest BCUT2D eigenvalue weighted by atomic mass is 10.1. The zero-order valence-corrected chi connectivity index (χ0v) is 12.8. The minimum Gasteiger partial charge on any atom is -0.491 e. The molecule has 0 aromatic heterocycles. The maximum Gasteiger partial charge on any atom is 0.302 e. The fourth-order valence-corrected chi connectivity index (χ4v) is 3.19. The summed E-state index contributed by atoms with van der Waals surface area (Å²) in [5, 5.41) is 0. The first-order valence-electron chi connectivity index (χ1n) is 6.74. The lowest BCUT2D eigenvalue weighted by molar-refractivity contribution is -0.117. The molecule has 0 radical (unpaired) electrons. The molecule has 1 amide bonds. The molecule has 1 saturated heterocycles. The standard InChI is InChI=1S/C14H18FNO4S/c1-10(2)20-13-5-3-12(4-6-13)16-8-11(7-14(16)17)9-21(15,18)19/h3-6,10-11H,7-9H2,1-2H3. The van der Waals surface area contributed by atoms with Crippen molar-refractivity contribution in [1.82, 2.24) is 0 Å². The largest absolute Gasteiger partial charge is 0.491 e. The Hall–Kier alpha value is -1.63. The topological polar surface area (TPSA) is 63.7 Å². The molecular formula is C14H18FNO4S. The van der Waals surface area contributed by atoms with Crippen LogP contribution in [0.1, 0.15) is 20.3 Å². The third-order valence-electron chi connectivity index (χ3n) is 3.16. The Morgan fingerprint density at radius 3 is 2.48 bits per heavy atom. The molecule has 21 heavy (non-hydrogen) atoms. The maximum absolute atomic E-state index is 12.7. The van der Waals surface area contributed by atoms with E-state index in [2.05, 4.69) is 0 Å². The van der Waals surface area contributed by atoms with Crippen LogP contribution in [-0.2, 0) is 15.0 Å². The van der Waals surface area contributed by atoms with Gasteiger partial charge >= 0.3 is 10.2 Å². The Morgan fingerprint density at radius 1 is 1.33 bits per heavy atom. The van der Waals surface area contributed by atoms with Gasteiger partial charge in [-0.3, -0.25) is 4.79 Å². The van der Waals surface area contributed by atoms with Gasteiger partial charge in [-0.15, -0.1) is 3.89 Å². The van der Waals surface area contributed by atoms with Gasteiger partial charge in [0.25, 0.3) is 0 Å². The molecule has 116 valence electrons. The molecule has 1 fully saturated rings. The van der Waals surface area contributed by atoms with E-state index >= 15 is 0 Å². The van der Waals surface area contributed by atoms with Crippen LogP contribution in [0, 0.1) is 5.92 Å². The average molecular weight is 315 g/mol. The predicted octanol–water partition coefficient (Wildman–Crippen LogP) is 2.13. The highest BCUT2D eigenvalue weighted by Crippen LogP contribution is 2.28. The smallest absolute Gasteiger partial charge is 0.302 e. The van der Waals surface area contributed by atoms with Crippen LogP contribution in [-0.4, -0.2) is 32.7 Å². The van der Waals surface area contributed by atoms with Crippen LogP contribution in [0.2, 0.25) is 0 Å². The Balaban J connectivity index is 2.06. The first kappa shape index (κ1) is 15.8. The van der Waals surface area contributed by atoms with Gasteiger partial charge in [0.1, 0.15) is 5.75 Å². The number of halogens is 1. The number of carbonyl (C=O) groups excluding carboxylic acids is 1. The van der Waals surface area contributed by atoms with Crippen LogP contribution in [0.15, 0.2) is 24.3 Å². The first-order chi connectivity index (χ1) is 9.74. The van der Waals surface area contributed by atoms with E-state index in [-0.39, 0.29) is 25.0 Å². The second-order valence-corrected chi connectivity index (χ2v) is 6.85. The highest BCUT2D eigenvalue weighted by atomic mass is 32.3. The molecule has 1 aromatic rings. The molecule has 1 unspecified atom stereocenters. The highest BCUT2D eigenvalue weighted by molar-refractivity contribution is 7.86. The molecule has 5 nitrogen and oxygen atoms in total. The van der Waals surface area contributed by atoms with Crippen molar-refractivity contribution in [2.24, 2.45) is 5.92 Å². The molecule has 1 atom stereocenters. The number of nitrogens with zero attached hydrogens (tertiary/aromatic N) is 1. The SMILES string of the molecule is CC(C)Oc1ccc(N2CC(CS(=O)(=O)F)CC2=O)cc1. The van der Waals surface area contributed by atoms with Crippen molar-refractivity contribution in [3.8, 4) is 5.75 Å². The zero-order chi connectivity index (χ0) is 15.6. The molecule has 7 heteroatoms. The number of hydrogen-bond acceptors (Lipinski definition) is 4. The summed E-state index contributed by atoms with van der Waals surface area (Å²) in [6, 6.07) is 6.98. The molecule has 2 rings (SSSR count). The van der Waals surface area contributed by atoms with E-state index < -0.39 is 21.9 Å². The summed E-state index contributed by atoms with van der Waals surface area (Å²) in [6.45, 7) is 4.05. The van der Waals surface area contributed by atoms with Crippen molar-refractivity contribution in [3.05, 3.63) is 24.3 Å². The molecule has 0 aliphatic carbocycles. The number of amides is 1. The summed E-state index contributed by atoms with van der Waals surface area (Å²) in [7, 11) is -4.56. The van der Waals surface area contributed by atoms with Crippen LogP contribution in [0.5, 0.6) is 5.75 Å². The number of rotatable bonds is 5. The summed E-state index contributed by atoms with van der Waals surface area (Å²) >= 11 is 0. The molecule has 1 aliphatic rings. The van der Waals surface area contributed by atoms with E-state index in [1.165, 1.54) is 4.90 Å². The second kappa shape index (κ2) is 6.01. The minimum atomic E-state index is -4.56. The summed E-state index contributed by atoms with van der Waals surface area (Å²) in [4.78, 5) is 13.4. The maximum atomic E-state index is 12.7. The van der Waals surface area contributed by atoms with Crippen molar-refractivity contribution in [2.75, 3.05) is 17.2 Å². The van der Waals surface area contributed by atoms with Gasteiger partial charge < -0.3 is 9.64 Å². The van der Waals surface area contributed by atoms with Crippen LogP contribution in [0.25, 0.3) is 0 Å². The van der Waals surface area contributed by atoms with E-state index in [1.54, 1.807) is 24.3 Å². The lowest BCUT2D eigenvalue weighted by Gasteiger charge is -2.17. The summed E-state index contributed by atoms with van der Waals surface area (Å²) in [5.41, 5.74) is 0.662. The minimum absolute atomic E-state index is 0.0490. The van der Waals surface area contributed by atoms with Gasteiger partial charge in [-0.05, 0) is 38.1 Å². The molecule has 0 spiro atoms. The van der Waals surface area contributed by atoms with E-state index in [4.69, 9.17) is 4.74 Å². The average Bonchev–Trinajstić information content (AvgIpc) is 2.68. The number of benzene rings is 1. The van der Waals surface area contributed by atoms with Crippen LogP contribution >= 0.6 is 0 Å². The number of hydrogen-bond donors (Lipinski definition) is 0. The lowest BCUT2D eigenvalue weighted by Crippen LogP contribution is -2.25. The van der Waals surface area contributed by atoms with E-state index in [9.17, 15) is 17.1 Å². The fourth-order valence-electron chi connectivity index (χ4n) is 2.40. The van der Waals surface area contributed by atoms with E-state index in [0.29, 0.717) is 11.4 Å². The molecule has 0 saturated carbocycles. The van der Waals surface area contributed by atoms with Crippen LogP contribution in [0.4, 0.5) is 9.57 Å². The van der Waals surface area contributed by atoms with Crippen LogP contribution < -0.4 is 9.64 Å². The van der Waals surface area contributed by atoms with Crippen molar-refractivity contribution in [2.45, 2.75) is 26.4 Å². The Bertz CT molecular complexity index is 612. The van der Waals surface area contributed by atoms with Gasteiger partial charge in [0.05, 0.1) is 11.9 Å². The molecule has 0 N–H and O–H groups in total. The predicted molar refractivity (Wildman–Crippen MR) is 77.6 cm³/mol. The number of carbonyl (C=O) groups is 1. The second-order valence-electron chi connectivity index (χ2n) is 5.44. The molecule has 1 aliphatic heterocycles. The summed E-state index contributed by atoms with van der Waals surface area (Å²) < 4.78 is 39.6. The van der Waals surface area contributed by atoms with Crippen molar-refractivity contribution < 1.29 is 21.8 Å². The van der Waals surface area contributed by atoms with Gasteiger partial charge in [-0.25, -0.2) is 0 Å². The van der Waals surface area contributed by atoms with Gasteiger partial charge in [-0.2, -0.15) is 8.42 Å². The van der Waals surface area contributed by atoms with Gasteiger partial charge in [0.15, 0.2) is 0 Å². The first-order valence-corrected chi connectivity index (χ1v) is 8.29. The normalized spacial score (nSPS) is 19.3. The van der Waals surface area contributed by atoms with Crippen molar-refractivity contribution in [3.63, 3.8) is 0 Å². The number of anilines is 1. The monoisotopic (exact) mass is 315 g/mol. The van der Waals surface area contributed by atoms with Gasteiger partial charge in [-0.1, -0.05) is 0 Å². The number of ether oxygens (including phenoxy) is 1. The van der Waals surface area contributed by atoms with Crippen molar-refractivity contribution >= 4 is 21.8 Å². The highest BCUT2D eigenvalue weighted by Gasteiger charge is 2.33. The third kappa shape index (κ3) is 4.42. The Morgan fingerprint density at radius 2 is 1.95 bits per heavy atom. The molecule has 1 heterocycles. The Labute approximate surface area is 123 Å². The fraction of sp³-hybridized carbons (Fsp3) is 0.500. The van der Waals surface area contributed by atoms with Gasteiger partial charge in [0.2, 0.25) is 5.91 Å². The van der Waals surface area contributed by atoms with E-state index in [1.807, 2.05) is 13.8 Å². The van der Waals surface area contributed by atoms with E-state index in [0.717, 1.165) is 0 Å². The summed E-state index contributed by atoms with van der Waals surface area (Å²) in [5.74, 6) is -0.604. The third-order valence-corrected chi connectivity index (χ3v) is 4.03. The van der Waals surface area contributed by atoms with Crippen molar-refractivity contribution in [1.29, 1.82) is 0 Å². The quantitative estimate of drug-likeness (QED) is 0.781. The van der Waals surface area contributed by atoms with Gasteiger partial charge in [0, 0.05) is 24.6 Å².